The summed E-state index contributed by atoms with van der Waals surface area (Å²) in [7, 11) is 4.35. The fourth-order valence-corrected chi connectivity index (χ4v) is 4.31. The van der Waals surface area contributed by atoms with Gasteiger partial charge in [0.05, 0.1) is 43.0 Å². The molecule has 0 radical (unpaired) electrons. The molecule has 1 heterocycles. The molecule has 0 bridgehead atoms. The maximum absolute atomic E-state index is 13.3. The number of carbonyl (C=O) groups excluding carboxylic acids is 2. The second-order valence-electron chi connectivity index (χ2n) is 8.28. The first kappa shape index (κ1) is 26.1. The lowest BCUT2D eigenvalue weighted by Gasteiger charge is -2.18. The molecule has 35 heavy (non-hydrogen) atoms. The average Bonchev–Trinajstić information content (AvgIpc) is 2.84. The number of anilines is 1. The molecule has 0 spiro atoms. The van der Waals surface area contributed by atoms with E-state index < -0.39 is 11.2 Å². The summed E-state index contributed by atoms with van der Waals surface area (Å²) in [6, 6.07) is 9.74. The van der Waals surface area contributed by atoms with E-state index >= 15 is 0 Å². The normalized spacial score (nSPS) is 11.9. The molecule has 9 nitrogen and oxygen atoms in total. The van der Waals surface area contributed by atoms with Crippen LogP contribution < -0.4 is 20.3 Å². The first-order valence-corrected chi connectivity index (χ1v) is 11.9. The molecule has 1 atom stereocenters. The molecule has 3 rings (SSSR count). The molecule has 0 saturated carbocycles. The Hall–Kier alpha value is -3.53. The van der Waals surface area contributed by atoms with Crippen molar-refractivity contribution in [3.05, 3.63) is 52.3 Å². The van der Waals surface area contributed by atoms with E-state index in [1.165, 1.54) is 39.2 Å². The molecule has 0 aliphatic heterocycles. The lowest BCUT2D eigenvalue weighted by atomic mass is 10.1. The number of carbonyl (C=O) groups is 2. The van der Waals surface area contributed by atoms with Crippen molar-refractivity contribution in [3.63, 3.8) is 0 Å². The van der Waals surface area contributed by atoms with Crippen molar-refractivity contribution in [1.29, 1.82) is 0 Å². The van der Waals surface area contributed by atoms with Crippen LogP contribution in [0.1, 0.15) is 31.1 Å². The van der Waals surface area contributed by atoms with Crippen molar-refractivity contribution in [2.24, 2.45) is 5.92 Å². The standard InChI is InChI=1S/C25H29N3O6S/c1-14(2)13-28-23(30)20-8-7-16(24(31)34-6)9-21(20)27-25(28)35-15(3)22(29)26-17-10-18(32-4)12-19(11-17)33-5/h7-12,14-15H,13H2,1-6H3,(H,26,29). The van der Waals surface area contributed by atoms with E-state index in [4.69, 9.17) is 14.2 Å². The van der Waals surface area contributed by atoms with E-state index in [1.807, 2.05) is 13.8 Å². The summed E-state index contributed by atoms with van der Waals surface area (Å²) >= 11 is 1.17. The van der Waals surface area contributed by atoms with Gasteiger partial charge in [-0.3, -0.25) is 14.2 Å². The maximum atomic E-state index is 13.3. The second kappa shape index (κ2) is 11.3. The minimum absolute atomic E-state index is 0.175. The highest BCUT2D eigenvalue weighted by Gasteiger charge is 2.21. The Bertz CT molecular complexity index is 1280. The third-order valence-corrected chi connectivity index (χ3v) is 6.25. The number of methoxy groups -OCH3 is 3. The molecule has 186 valence electrons. The lowest BCUT2D eigenvalue weighted by Crippen LogP contribution is -2.28. The number of nitrogens with zero attached hydrogens (tertiary/aromatic N) is 2. The minimum atomic E-state index is -0.584. The highest BCUT2D eigenvalue weighted by molar-refractivity contribution is 8.00. The Morgan fingerprint density at radius 1 is 1.03 bits per heavy atom. The van der Waals surface area contributed by atoms with Crippen molar-refractivity contribution in [2.45, 2.75) is 37.7 Å². The summed E-state index contributed by atoms with van der Waals surface area (Å²) < 4.78 is 16.9. The number of hydrogen-bond donors (Lipinski definition) is 1. The van der Waals surface area contributed by atoms with Crippen molar-refractivity contribution in [2.75, 3.05) is 26.6 Å². The van der Waals surface area contributed by atoms with Gasteiger partial charge in [-0.15, -0.1) is 0 Å². The Kier molecular flexibility index (Phi) is 8.39. The van der Waals surface area contributed by atoms with Crippen LogP contribution >= 0.6 is 11.8 Å². The average molecular weight is 500 g/mol. The van der Waals surface area contributed by atoms with Crippen LogP contribution in [0.3, 0.4) is 0 Å². The second-order valence-corrected chi connectivity index (χ2v) is 9.59. The van der Waals surface area contributed by atoms with Gasteiger partial charge in [0.2, 0.25) is 5.91 Å². The third-order valence-electron chi connectivity index (χ3n) is 5.16. The highest BCUT2D eigenvalue weighted by Crippen LogP contribution is 2.28. The van der Waals surface area contributed by atoms with Gasteiger partial charge in [-0.1, -0.05) is 25.6 Å². The van der Waals surface area contributed by atoms with Crippen LogP contribution in [0.5, 0.6) is 11.5 Å². The largest absolute Gasteiger partial charge is 0.497 e. The van der Waals surface area contributed by atoms with Gasteiger partial charge in [-0.25, -0.2) is 9.78 Å². The van der Waals surface area contributed by atoms with E-state index in [1.54, 1.807) is 41.8 Å². The molecule has 1 amide bonds. The van der Waals surface area contributed by atoms with Crippen LogP contribution in [0.15, 0.2) is 46.3 Å². The third kappa shape index (κ3) is 6.13. The first-order valence-electron chi connectivity index (χ1n) is 11.0. The molecule has 1 unspecified atom stereocenters. The van der Waals surface area contributed by atoms with Crippen molar-refractivity contribution in [3.8, 4) is 11.5 Å². The zero-order valence-electron chi connectivity index (χ0n) is 20.6. The molecule has 10 heteroatoms. The van der Waals surface area contributed by atoms with Gasteiger partial charge in [0.15, 0.2) is 5.16 Å². The van der Waals surface area contributed by atoms with Gasteiger partial charge in [0, 0.05) is 30.4 Å². The number of hydrogen-bond acceptors (Lipinski definition) is 8. The molecule has 0 saturated heterocycles. The Morgan fingerprint density at radius 3 is 2.26 bits per heavy atom. The Morgan fingerprint density at radius 2 is 1.69 bits per heavy atom. The van der Waals surface area contributed by atoms with E-state index in [9.17, 15) is 14.4 Å². The van der Waals surface area contributed by atoms with Crippen molar-refractivity contribution in [1.82, 2.24) is 9.55 Å². The molecule has 0 aliphatic rings. The highest BCUT2D eigenvalue weighted by atomic mass is 32.2. The summed E-state index contributed by atoms with van der Waals surface area (Å²) in [5.74, 6) is 0.468. The lowest BCUT2D eigenvalue weighted by molar-refractivity contribution is -0.115. The SMILES string of the molecule is COC(=O)c1ccc2c(=O)n(CC(C)C)c(SC(C)C(=O)Nc3cc(OC)cc(OC)c3)nc2c1. The number of ether oxygens (including phenoxy) is 3. The topological polar surface area (TPSA) is 109 Å². The molecule has 0 aliphatic carbocycles. The molecular weight excluding hydrogens is 470 g/mol. The molecule has 1 N–H and O–H groups in total. The van der Waals surface area contributed by atoms with Gasteiger partial charge in [0.25, 0.3) is 5.56 Å². The van der Waals surface area contributed by atoms with Gasteiger partial charge >= 0.3 is 5.97 Å². The van der Waals surface area contributed by atoms with Crippen LogP contribution in [0, 0.1) is 5.92 Å². The monoisotopic (exact) mass is 499 g/mol. The fraction of sp³-hybridized carbons (Fsp3) is 0.360. The molecule has 1 aromatic heterocycles. The number of fused-ring (bicyclic) bond motifs is 1. The number of benzene rings is 2. The molecule has 0 fully saturated rings. The minimum Gasteiger partial charge on any atom is -0.497 e. The maximum Gasteiger partial charge on any atom is 0.337 e. The zero-order valence-corrected chi connectivity index (χ0v) is 21.4. The predicted octanol–water partition coefficient (Wildman–Crippen LogP) is 3.98. The quantitative estimate of drug-likeness (QED) is 0.268. The molecule has 2 aromatic carbocycles. The number of aromatic nitrogens is 2. The van der Waals surface area contributed by atoms with E-state index in [2.05, 4.69) is 10.3 Å². The van der Waals surface area contributed by atoms with Gasteiger partial charge in [-0.05, 0) is 31.0 Å². The van der Waals surface area contributed by atoms with Gasteiger partial charge in [-0.2, -0.15) is 0 Å². The van der Waals surface area contributed by atoms with Crippen molar-refractivity contribution < 1.29 is 23.8 Å². The summed E-state index contributed by atoms with van der Waals surface area (Å²) in [5, 5.41) is 3.06. The van der Waals surface area contributed by atoms with Gasteiger partial charge in [0.1, 0.15) is 11.5 Å². The fourth-order valence-electron chi connectivity index (χ4n) is 3.40. The molecular formula is C25H29N3O6S. The summed E-state index contributed by atoms with van der Waals surface area (Å²) in [4.78, 5) is 42.9. The number of nitrogens with one attached hydrogen (secondary N) is 1. The van der Waals surface area contributed by atoms with Gasteiger partial charge < -0.3 is 19.5 Å². The van der Waals surface area contributed by atoms with Crippen LogP contribution in [0.2, 0.25) is 0 Å². The Labute approximate surface area is 207 Å². The van der Waals surface area contributed by atoms with Crippen LogP contribution in [-0.2, 0) is 16.1 Å². The van der Waals surface area contributed by atoms with Crippen LogP contribution in [0.4, 0.5) is 5.69 Å². The summed E-state index contributed by atoms with van der Waals surface area (Å²) in [6.45, 7) is 6.16. The van der Waals surface area contributed by atoms with Crippen LogP contribution in [-0.4, -0.2) is 48.0 Å². The number of amides is 1. The van der Waals surface area contributed by atoms with Crippen molar-refractivity contribution >= 4 is 40.2 Å². The van der Waals surface area contributed by atoms with E-state index in [-0.39, 0.29) is 17.4 Å². The zero-order chi connectivity index (χ0) is 25.7. The summed E-state index contributed by atoms with van der Waals surface area (Å²) in [5.41, 5.74) is 0.952. The smallest absolute Gasteiger partial charge is 0.337 e. The number of thioether (sulfide) groups is 1. The predicted molar refractivity (Wildman–Crippen MR) is 136 cm³/mol. The number of esters is 1. The first-order chi connectivity index (χ1) is 16.7. The van der Waals surface area contributed by atoms with E-state index in [0.29, 0.717) is 45.4 Å². The number of rotatable bonds is 9. The summed E-state index contributed by atoms with van der Waals surface area (Å²) in [6.07, 6.45) is 0. The van der Waals surface area contributed by atoms with E-state index in [0.717, 1.165) is 0 Å². The molecule has 3 aromatic rings. The Balaban J connectivity index is 1.95. The van der Waals surface area contributed by atoms with Crippen LogP contribution in [0.25, 0.3) is 10.9 Å².